The van der Waals surface area contributed by atoms with Crippen LogP contribution < -0.4 is 0 Å². The van der Waals surface area contributed by atoms with E-state index in [1.165, 1.54) is 0 Å². The fourth-order valence-electron chi connectivity index (χ4n) is 3.37. The van der Waals surface area contributed by atoms with Crippen molar-refractivity contribution in [1.29, 1.82) is 0 Å². The monoisotopic (exact) mass is 208 g/mol. The predicted octanol–water partition coefficient (Wildman–Crippen LogP) is 1.47. The second-order valence-electron chi connectivity index (χ2n) is 4.82. The van der Waals surface area contributed by atoms with Crippen molar-refractivity contribution in [3.05, 3.63) is 12.2 Å². The molecule has 3 aliphatic rings. The van der Waals surface area contributed by atoms with E-state index in [9.17, 15) is 4.79 Å². The molecule has 0 N–H and O–H groups in total. The smallest absolute Gasteiger partial charge is 0.148 e. The third-order valence-electron chi connectivity index (χ3n) is 4.14. The highest BCUT2D eigenvalue weighted by Crippen LogP contribution is 2.61. The minimum absolute atomic E-state index is 0.201. The lowest BCUT2D eigenvalue weighted by molar-refractivity contribution is -0.136. The topological polar surface area (TPSA) is 38.8 Å². The minimum atomic E-state index is -0.469. The van der Waals surface area contributed by atoms with Gasteiger partial charge in [0.05, 0.1) is 12.7 Å². The van der Waals surface area contributed by atoms with Crippen molar-refractivity contribution >= 4 is 5.78 Å². The van der Waals surface area contributed by atoms with E-state index in [1.807, 2.05) is 6.08 Å². The van der Waals surface area contributed by atoms with Crippen LogP contribution in [0.25, 0.3) is 0 Å². The van der Waals surface area contributed by atoms with E-state index in [0.717, 1.165) is 19.3 Å². The van der Waals surface area contributed by atoms with E-state index in [1.54, 1.807) is 7.11 Å². The van der Waals surface area contributed by atoms with Crippen LogP contribution >= 0.6 is 0 Å². The van der Waals surface area contributed by atoms with Crippen molar-refractivity contribution in [3.63, 3.8) is 0 Å². The summed E-state index contributed by atoms with van der Waals surface area (Å²) in [6, 6.07) is 0. The molecule has 2 aliphatic carbocycles. The van der Waals surface area contributed by atoms with Crippen LogP contribution in [0.1, 0.15) is 25.7 Å². The summed E-state index contributed by atoms with van der Waals surface area (Å²) < 4.78 is 11.1. The van der Waals surface area contributed by atoms with Gasteiger partial charge in [0.2, 0.25) is 0 Å². The quantitative estimate of drug-likeness (QED) is 0.509. The zero-order chi connectivity index (χ0) is 10.5. The van der Waals surface area contributed by atoms with Crippen LogP contribution in [0.2, 0.25) is 0 Å². The molecule has 82 valence electrons. The van der Waals surface area contributed by atoms with Crippen LogP contribution in [-0.4, -0.2) is 31.2 Å². The molecule has 1 aliphatic heterocycles. The molecule has 3 nitrogen and oxygen atoms in total. The van der Waals surface area contributed by atoms with Gasteiger partial charge >= 0.3 is 0 Å². The SMILES string of the molecule is COC[C@]12C=CC[C@@H]3O[C@@]31CCCC2=O. The molecule has 1 spiro atoms. The van der Waals surface area contributed by atoms with Crippen LogP contribution in [0.5, 0.6) is 0 Å². The zero-order valence-electron chi connectivity index (χ0n) is 8.99. The molecule has 1 saturated heterocycles. The minimum Gasteiger partial charge on any atom is -0.383 e. The number of carbonyl (C=O) groups is 1. The highest BCUT2D eigenvalue weighted by molar-refractivity contribution is 5.90. The van der Waals surface area contributed by atoms with Gasteiger partial charge in [-0.3, -0.25) is 4.79 Å². The molecule has 0 aromatic rings. The summed E-state index contributed by atoms with van der Waals surface area (Å²) in [5.41, 5.74) is -0.671. The second-order valence-corrected chi connectivity index (χ2v) is 4.82. The molecule has 3 rings (SSSR count). The van der Waals surface area contributed by atoms with E-state index in [2.05, 4.69) is 6.08 Å². The van der Waals surface area contributed by atoms with Gasteiger partial charge in [0.1, 0.15) is 16.8 Å². The highest BCUT2D eigenvalue weighted by Gasteiger charge is 2.72. The Kier molecular flexibility index (Phi) is 1.86. The molecule has 0 unspecified atom stereocenters. The van der Waals surface area contributed by atoms with Crippen molar-refractivity contribution in [2.24, 2.45) is 5.41 Å². The number of hydrogen-bond donors (Lipinski definition) is 0. The first-order valence-corrected chi connectivity index (χ1v) is 5.63. The van der Waals surface area contributed by atoms with Crippen molar-refractivity contribution in [2.75, 3.05) is 13.7 Å². The summed E-state index contributed by atoms with van der Waals surface area (Å²) >= 11 is 0. The largest absolute Gasteiger partial charge is 0.383 e. The number of rotatable bonds is 2. The van der Waals surface area contributed by atoms with Crippen LogP contribution in [0.3, 0.4) is 0 Å². The Morgan fingerprint density at radius 3 is 3.33 bits per heavy atom. The van der Waals surface area contributed by atoms with Gasteiger partial charge in [0, 0.05) is 13.5 Å². The maximum absolute atomic E-state index is 12.2. The average molecular weight is 208 g/mol. The number of methoxy groups -OCH3 is 1. The van der Waals surface area contributed by atoms with Crippen molar-refractivity contribution in [1.82, 2.24) is 0 Å². The van der Waals surface area contributed by atoms with Gasteiger partial charge in [-0.15, -0.1) is 0 Å². The third kappa shape index (κ3) is 1.00. The summed E-state index contributed by atoms with van der Waals surface area (Å²) in [5, 5.41) is 0. The Morgan fingerprint density at radius 1 is 1.67 bits per heavy atom. The lowest BCUT2D eigenvalue weighted by Crippen LogP contribution is -2.52. The Labute approximate surface area is 89.4 Å². The number of epoxide rings is 1. The van der Waals surface area contributed by atoms with E-state index < -0.39 is 5.41 Å². The zero-order valence-corrected chi connectivity index (χ0v) is 8.99. The van der Waals surface area contributed by atoms with Crippen molar-refractivity contribution < 1.29 is 14.3 Å². The molecule has 3 heteroatoms. The number of carbonyl (C=O) groups excluding carboxylic acids is 1. The first-order valence-electron chi connectivity index (χ1n) is 5.63. The maximum Gasteiger partial charge on any atom is 0.148 e. The fraction of sp³-hybridized carbons (Fsp3) is 0.750. The predicted molar refractivity (Wildman–Crippen MR) is 54.5 cm³/mol. The van der Waals surface area contributed by atoms with Gasteiger partial charge in [-0.05, 0) is 19.3 Å². The summed E-state index contributed by atoms with van der Waals surface area (Å²) in [4.78, 5) is 12.2. The Hall–Kier alpha value is -0.670. The normalized spacial score (nSPS) is 47.3. The molecule has 1 saturated carbocycles. The summed E-state index contributed by atoms with van der Waals surface area (Å²) in [7, 11) is 1.66. The van der Waals surface area contributed by atoms with Crippen LogP contribution in [0.4, 0.5) is 0 Å². The molecule has 0 aromatic heterocycles. The van der Waals surface area contributed by atoms with Crippen molar-refractivity contribution in [2.45, 2.75) is 37.4 Å². The average Bonchev–Trinajstić information content (AvgIpc) is 2.92. The lowest BCUT2D eigenvalue weighted by atomic mass is 9.61. The lowest BCUT2D eigenvalue weighted by Gasteiger charge is -2.40. The van der Waals surface area contributed by atoms with Crippen LogP contribution in [-0.2, 0) is 14.3 Å². The van der Waals surface area contributed by atoms with Gasteiger partial charge in [0.25, 0.3) is 0 Å². The standard InChI is InChI=1S/C12H16O3/c1-14-8-11-6-3-5-10-12(11,15-10)7-2-4-9(11)13/h3,6,10H,2,4-5,7-8H2,1H3/t10-,11-,12-/m0/s1. The number of hydrogen-bond acceptors (Lipinski definition) is 3. The molecular weight excluding hydrogens is 192 g/mol. The number of Topliss-reactive ketones (excluding diaryl/α,β-unsaturated/α-hetero) is 1. The molecule has 0 aromatic carbocycles. The summed E-state index contributed by atoms with van der Waals surface area (Å²) in [6.45, 7) is 0.471. The van der Waals surface area contributed by atoms with E-state index >= 15 is 0 Å². The van der Waals surface area contributed by atoms with Crippen LogP contribution in [0, 0.1) is 5.41 Å². The van der Waals surface area contributed by atoms with Crippen LogP contribution in [0.15, 0.2) is 12.2 Å². The Morgan fingerprint density at radius 2 is 2.53 bits per heavy atom. The molecule has 0 radical (unpaired) electrons. The summed E-state index contributed by atoms with van der Waals surface area (Å²) in [5.74, 6) is 0.300. The van der Waals surface area contributed by atoms with Gasteiger partial charge in [-0.2, -0.15) is 0 Å². The number of ketones is 1. The fourth-order valence-corrected chi connectivity index (χ4v) is 3.37. The van der Waals surface area contributed by atoms with Gasteiger partial charge in [-0.1, -0.05) is 12.2 Å². The molecule has 1 heterocycles. The third-order valence-corrected chi connectivity index (χ3v) is 4.14. The maximum atomic E-state index is 12.2. The molecule has 2 fully saturated rings. The molecule has 0 bridgehead atoms. The highest BCUT2D eigenvalue weighted by atomic mass is 16.6. The molecule has 0 amide bonds. The van der Waals surface area contributed by atoms with Gasteiger partial charge in [0.15, 0.2) is 0 Å². The van der Waals surface area contributed by atoms with Gasteiger partial charge in [-0.25, -0.2) is 0 Å². The van der Waals surface area contributed by atoms with E-state index in [0.29, 0.717) is 18.8 Å². The summed E-state index contributed by atoms with van der Waals surface area (Å²) in [6.07, 6.45) is 8.00. The first-order chi connectivity index (χ1) is 7.25. The van der Waals surface area contributed by atoms with E-state index in [4.69, 9.17) is 9.47 Å². The van der Waals surface area contributed by atoms with Crippen molar-refractivity contribution in [3.8, 4) is 0 Å². The Balaban J connectivity index is 2.04. The Bertz CT molecular complexity index is 336. The first kappa shape index (κ1) is 9.55. The molecular formula is C12H16O3. The molecule has 3 atom stereocenters. The molecule has 15 heavy (non-hydrogen) atoms. The van der Waals surface area contributed by atoms with E-state index in [-0.39, 0.29) is 11.7 Å². The second kappa shape index (κ2) is 2.92. The number of ether oxygens (including phenoxy) is 2. The van der Waals surface area contributed by atoms with Gasteiger partial charge < -0.3 is 9.47 Å².